The third-order valence-corrected chi connectivity index (χ3v) is 4.91. The standard InChI is InChI=1S/C18H27N3O/c1-13(2)20-10-14-7-8-16(22)15-6-5-9-19-17(15)21(14)12-18(3,4)11-20/h5-6,9,13-14H,7-8,10-12H2,1-4H3. The highest BCUT2D eigenvalue weighted by Gasteiger charge is 2.38. The minimum atomic E-state index is 0.182. The number of carbonyl (C=O) groups is 1. The van der Waals surface area contributed by atoms with E-state index in [-0.39, 0.29) is 11.2 Å². The number of pyridine rings is 1. The lowest BCUT2D eigenvalue weighted by Crippen LogP contribution is -2.43. The van der Waals surface area contributed by atoms with Crippen LogP contribution >= 0.6 is 0 Å². The van der Waals surface area contributed by atoms with Crippen molar-refractivity contribution >= 4 is 11.6 Å². The summed E-state index contributed by atoms with van der Waals surface area (Å²) in [7, 11) is 0. The van der Waals surface area contributed by atoms with E-state index in [1.807, 2.05) is 18.3 Å². The zero-order valence-electron chi connectivity index (χ0n) is 14.2. The molecule has 0 radical (unpaired) electrons. The third-order valence-electron chi connectivity index (χ3n) is 4.91. The molecule has 0 amide bonds. The third kappa shape index (κ3) is 2.89. The molecule has 1 saturated heterocycles. The van der Waals surface area contributed by atoms with Crippen LogP contribution in [0.25, 0.3) is 0 Å². The maximum atomic E-state index is 12.4. The molecule has 22 heavy (non-hydrogen) atoms. The van der Waals surface area contributed by atoms with E-state index < -0.39 is 0 Å². The van der Waals surface area contributed by atoms with Crippen LogP contribution in [0.1, 0.15) is 50.9 Å². The first-order valence-electron chi connectivity index (χ1n) is 8.36. The van der Waals surface area contributed by atoms with Gasteiger partial charge in [0.2, 0.25) is 0 Å². The van der Waals surface area contributed by atoms with Crippen LogP contribution in [-0.4, -0.2) is 47.4 Å². The van der Waals surface area contributed by atoms with Gasteiger partial charge in [0.25, 0.3) is 0 Å². The maximum absolute atomic E-state index is 12.4. The van der Waals surface area contributed by atoms with E-state index in [2.05, 4.69) is 42.5 Å². The van der Waals surface area contributed by atoms with Crippen molar-refractivity contribution in [2.75, 3.05) is 24.5 Å². The molecule has 0 aliphatic carbocycles. The topological polar surface area (TPSA) is 36.4 Å². The van der Waals surface area contributed by atoms with Gasteiger partial charge in [-0.2, -0.15) is 0 Å². The minimum absolute atomic E-state index is 0.182. The Morgan fingerprint density at radius 3 is 2.82 bits per heavy atom. The second kappa shape index (κ2) is 5.65. The fraction of sp³-hybridized carbons (Fsp3) is 0.667. The van der Waals surface area contributed by atoms with E-state index in [0.29, 0.717) is 18.5 Å². The van der Waals surface area contributed by atoms with Crippen LogP contribution in [0, 0.1) is 5.41 Å². The van der Waals surface area contributed by atoms with Crippen LogP contribution in [0.3, 0.4) is 0 Å². The van der Waals surface area contributed by atoms with Gasteiger partial charge in [0.05, 0.1) is 5.56 Å². The Labute approximate surface area is 133 Å². The lowest BCUT2D eigenvalue weighted by Gasteiger charge is -2.34. The van der Waals surface area contributed by atoms with Gasteiger partial charge in [-0.1, -0.05) is 13.8 Å². The Morgan fingerprint density at radius 2 is 2.09 bits per heavy atom. The Bertz CT molecular complexity index is 567. The summed E-state index contributed by atoms with van der Waals surface area (Å²) in [6, 6.07) is 4.72. The first kappa shape index (κ1) is 15.5. The second-order valence-corrected chi connectivity index (χ2v) is 7.81. The van der Waals surface area contributed by atoms with Crippen molar-refractivity contribution in [1.82, 2.24) is 9.88 Å². The van der Waals surface area contributed by atoms with E-state index in [9.17, 15) is 4.79 Å². The van der Waals surface area contributed by atoms with Crippen LogP contribution < -0.4 is 4.90 Å². The number of hydrogen-bond donors (Lipinski definition) is 0. The number of Topliss-reactive ketones (excluding diaryl/α,β-unsaturated/α-hetero) is 1. The predicted molar refractivity (Wildman–Crippen MR) is 89.4 cm³/mol. The van der Waals surface area contributed by atoms with Crippen molar-refractivity contribution in [3.63, 3.8) is 0 Å². The minimum Gasteiger partial charge on any atom is -0.351 e. The van der Waals surface area contributed by atoms with Crippen LogP contribution in [0.5, 0.6) is 0 Å². The van der Waals surface area contributed by atoms with Gasteiger partial charge in [0.1, 0.15) is 5.82 Å². The first-order valence-corrected chi connectivity index (χ1v) is 8.36. The highest BCUT2D eigenvalue weighted by Crippen LogP contribution is 2.34. The first-order chi connectivity index (χ1) is 10.4. The van der Waals surface area contributed by atoms with Crippen molar-refractivity contribution in [3.8, 4) is 0 Å². The number of anilines is 1. The van der Waals surface area contributed by atoms with E-state index in [1.165, 1.54) is 0 Å². The molecule has 3 rings (SSSR count). The molecule has 2 aliphatic heterocycles. The summed E-state index contributed by atoms with van der Waals surface area (Å²) in [4.78, 5) is 22.0. The number of ketones is 1. The van der Waals surface area contributed by atoms with E-state index in [1.54, 1.807) is 0 Å². The lowest BCUT2D eigenvalue weighted by atomic mass is 9.92. The van der Waals surface area contributed by atoms with Crippen LogP contribution in [0.15, 0.2) is 18.3 Å². The molecule has 4 nitrogen and oxygen atoms in total. The molecule has 0 N–H and O–H groups in total. The van der Waals surface area contributed by atoms with Crippen molar-refractivity contribution in [2.24, 2.45) is 5.41 Å². The molecule has 2 aliphatic rings. The molecule has 0 spiro atoms. The SMILES string of the molecule is CC(C)N1CC2CCC(=O)c3cccnc3N2CC(C)(C)C1. The fourth-order valence-electron chi connectivity index (χ4n) is 3.79. The average Bonchev–Trinajstić information content (AvgIpc) is 2.67. The Kier molecular flexibility index (Phi) is 3.98. The molecule has 1 atom stereocenters. The van der Waals surface area contributed by atoms with Gasteiger partial charge in [-0.25, -0.2) is 4.98 Å². The smallest absolute Gasteiger partial charge is 0.166 e. The summed E-state index contributed by atoms with van der Waals surface area (Å²) in [6.45, 7) is 12.2. The number of hydrogen-bond acceptors (Lipinski definition) is 4. The molecule has 0 saturated carbocycles. The summed E-state index contributed by atoms with van der Waals surface area (Å²) in [6.07, 6.45) is 3.37. The van der Waals surface area contributed by atoms with Gasteiger partial charge >= 0.3 is 0 Å². The van der Waals surface area contributed by atoms with Crippen molar-refractivity contribution in [3.05, 3.63) is 23.9 Å². The van der Waals surface area contributed by atoms with Crippen molar-refractivity contribution < 1.29 is 4.79 Å². The molecule has 0 bridgehead atoms. The molecule has 0 aromatic carbocycles. The largest absolute Gasteiger partial charge is 0.351 e. The van der Waals surface area contributed by atoms with Gasteiger partial charge in [-0.3, -0.25) is 9.69 Å². The number of rotatable bonds is 1. The van der Waals surface area contributed by atoms with E-state index in [0.717, 1.165) is 37.4 Å². The molecular weight excluding hydrogens is 274 g/mol. The summed E-state index contributed by atoms with van der Waals surface area (Å²) < 4.78 is 0. The van der Waals surface area contributed by atoms with Crippen molar-refractivity contribution in [2.45, 2.75) is 52.6 Å². The summed E-state index contributed by atoms with van der Waals surface area (Å²) in [5, 5.41) is 0. The van der Waals surface area contributed by atoms with Crippen molar-refractivity contribution in [1.29, 1.82) is 0 Å². The Hall–Kier alpha value is -1.42. The van der Waals surface area contributed by atoms with Crippen LogP contribution in [-0.2, 0) is 0 Å². The quantitative estimate of drug-likeness (QED) is 0.799. The highest BCUT2D eigenvalue weighted by molar-refractivity contribution is 6.01. The summed E-state index contributed by atoms with van der Waals surface area (Å²) >= 11 is 0. The molecule has 4 heteroatoms. The number of fused-ring (bicyclic) bond motifs is 3. The fourth-order valence-corrected chi connectivity index (χ4v) is 3.79. The molecule has 1 aromatic rings. The van der Waals surface area contributed by atoms with Crippen LogP contribution in [0.2, 0.25) is 0 Å². The van der Waals surface area contributed by atoms with E-state index >= 15 is 0 Å². The van der Waals surface area contributed by atoms with Gasteiger partial charge in [0.15, 0.2) is 5.78 Å². The van der Waals surface area contributed by atoms with Gasteiger partial charge in [-0.15, -0.1) is 0 Å². The normalized spacial score (nSPS) is 25.4. The zero-order chi connectivity index (χ0) is 15.9. The highest BCUT2D eigenvalue weighted by atomic mass is 16.1. The van der Waals surface area contributed by atoms with Gasteiger partial charge in [-0.05, 0) is 37.8 Å². The number of carbonyl (C=O) groups excluding carboxylic acids is 1. The lowest BCUT2D eigenvalue weighted by molar-refractivity contribution is 0.0978. The van der Waals surface area contributed by atoms with E-state index in [4.69, 9.17) is 0 Å². The summed E-state index contributed by atoms with van der Waals surface area (Å²) in [5.41, 5.74) is 0.986. The summed E-state index contributed by atoms with van der Waals surface area (Å²) in [5.74, 6) is 1.14. The Balaban J connectivity index is 2.03. The molecule has 1 fully saturated rings. The average molecular weight is 301 g/mol. The molecule has 1 unspecified atom stereocenters. The number of nitrogens with zero attached hydrogens (tertiary/aromatic N) is 3. The molecule has 3 heterocycles. The zero-order valence-corrected chi connectivity index (χ0v) is 14.2. The maximum Gasteiger partial charge on any atom is 0.166 e. The number of aromatic nitrogens is 1. The Morgan fingerprint density at radius 1 is 1.32 bits per heavy atom. The second-order valence-electron chi connectivity index (χ2n) is 7.81. The van der Waals surface area contributed by atoms with Gasteiger partial charge < -0.3 is 4.90 Å². The molecule has 1 aromatic heterocycles. The predicted octanol–water partition coefficient (Wildman–Crippen LogP) is 2.98. The monoisotopic (exact) mass is 301 g/mol. The molecule has 120 valence electrons. The molecular formula is C18H27N3O. The van der Waals surface area contributed by atoms with Gasteiger partial charge in [0, 0.05) is 44.3 Å². The van der Waals surface area contributed by atoms with Crippen LogP contribution in [0.4, 0.5) is 5.82 Å².